The molecule has 10 nitrogen and oxygen atoms in total. The van der Waals surface area contributed by atoms with E-state index in [1.54, 1.807) is 4.90 Å². The number of rotatable bonds is 4. The zero-order chi connectivity index (χ0) is 27.5. The van der Waals surface area contributed by atoms with E-state index in [1.165, 1.54) is 0 Å². The van der Waals surface area contributed by atoms with Crippen LogP contribution in [0.5, 0.6) is 0 Å². The van der Waals surface area contributed by atoms with E-state index in [9.17, 15) is 19.2 Å². The molecule has 4 amide bonds. The number of amides is 4. The van der Waals surface area contributed by atoms with Gasteiger partial charge in [0.15, 0.2) is 0 Å². The average molecular weight is 538 g/mol. The maximum Gasteiger partial charge on any atom is 0.410 e. The number of piperidine rings is 2. The molecule has 4 fully saturated rings. The molecule has 5 aliphatic rings. The number of hydrogen-bond acceptors (Lipinski definition) is 7. The van der Waals surface area contributed by atoms with E-state index in [-0.39, 0.29) is 30.2 Å². The quantitative estimate of drug-likeness (QED) is 0.588. The van der Waals surface area contributed by atoms with Gasteiger partial charge in [-0.1, -0.05) is 0 Å². The van der Waals surface area contributed by atoms with Crippen molar-refractivity contribution in [3.8, 4) is 0 Å². The summed E-state index contributed by atoms with van der Waals surface area (Å²) in [7, 11) is 0. The highest BCUT2D eigenvalue weighted by Gasteiger charge is 2.47. The number of benzene rings is 1. The van der Waals surface area contributed by atoms with Crippen LogP contribution < -0.4 is 10.2 Å². The van der Waals surface area contributed by atoms with Crippen LogP contribution in [0.25, 0.3) is 0 Å². The van der Waals surface area contributed by atoms with Gasteiger partial charge in [-0.15, -0.1) is 0 Å². The lowest BCUT2D eigenvalue weighted by molar-refractivity contribution is -0.136. The molecule has 1 atom stereocenters. The second-order valence-corrected chi connectivity index (χ2v) is 13.1. The number of fused-ring (bicyclic) bond motifs is 1. The molecule has 210 valence electrons. The molecule has 1 unspecified atom stereocenters. The summed E-state index contributed by atoms with van der Waals surface area (Å²) >= 11 is 0. The van der Waals surface area contributed by atoms with Gasteiger partial charge in [0.25, 0.3) is 5.91 Å². The fraction of sp³-hybridized carbons (Fsp3) is 0.655. The van der Waals surface area contributed by atoms with Gasteiger partial charge in [0.2, 0.25) is 11.8 Å². The minimum atomic E-state index is -0.580. The Hall–Kier alpha value is -3.14. The van der Waals surface area contributed by atoms with E-state index in [1.807, 2.05) is 37.8 Å². The first-order chi connectivity index (χ1) is 18.5. The zero-order valence-electron chi connectivity index (χ0n) is 23.2. The molecule has 0 radical (unpaired) electrons. The number of imide groups is 1. The predicted molar refractivity (Wildman–Crippen MR) is 144 cm³/mol. The molecule has 0 bridgehead atoms. The summed E-state index contributed by atoms with van der Waals surface area (Å²) in [5.74, 6) is -0.151. The van der Waals surface area contributed by atoms with E-state index in [2.05, 4.69) is 21.2 Å². The molecule has 6 rings (SSSR count). The molecular weight excluding hydrogens is 498 g/mol. The number of likely N-dealkylation sites (tertiary alicyclic amines) is 2. The smallest absolute Gasteiger partial charge is 0.410 e. The van der Waals surface area contributed by atoms with Crippen molar-refractivity contribution < 1.29 is 23.9 Å². The Labute approximate surface area is 229 Å². The maximum absolute atomic E-state index is 13.0. The number of anilines is 1. The Morgan fingerprint density at radius 3 is 2.49 bits per heavy atom. The monoisotopic (exact) mass is 537 g/mol. The zero-order valence-corrected chi connectivity index (χ0v) is 23.2. The number of hydrogen-bond donors (Lipinski definition) is 1. The van der Waals surface area contributed by atoms with Gasteiger partial charge in [0.05, 0.1) is 0 Å². The summed E-state index contributed by atoms with van der Waals surface area (Å²) in [5.41, 5.74) is 2.63. The molecule has 39 heavy (non-hydrogen) atoms. The van der Waals surface area contributed by atoms with Gasteiger partial charge in [0.1, 0.15) is 11.6 Å². The van der Waals surface area contributed by atoms with Gasteiger partial charge in [-0.3, -0.25) is 19.7 Å². The lowest BCUT2D eigenvalue weighted by Gasteiger charge is -2.56. The molecule has 1 aromatic rings. The molecule has 1 aromatic carbocycles. The largest absolute Gasteiger partial charge is 0.444 e. The van der Waals surface area contributed by atoms with Crippen LogP contribution in [0.3, 0.4) is 0 Å². The topological polar surface area (TPSA) is 102 Å². The van der Waals surface area contributed by atoms with Gasteiger partial charge in [-0.2, -0.15) is 0 Å². The molecule has 5 heterocycles. The van der Waals surface area contributed by atoms with Crippen molar-refractivity contribution in [1.82, 2.24) is 20.0 Å². The van der Waals surface area contributed by atoms with Crippen molar-refractivity contribution in [1.29, 1.82) is 0 Å². The number of ether oxygens (including phenoxy) is 1. The third-order valence-corrected chi connectivity index (χ3v) is 8.94. The number of carbonyl (C=O) groups excluding carboxylic acids is 4. The highest BCUT2D eigenvalue weighted by molar-refractivity contribution is 6.05. The third kappa shape index (κ3) is 5.11. The van der Waals surface area contributed by atoms with Crippen LogP contribution in [0.4, 0.5) is 10.5 Å². The highest BCUT2D eigenvalue weighted by atomic mass is 16.6. The van der Waals surface area contributed by atoms with Crippen LogP contribution in [0.1, 0.15) is 62.4 Å². The standard InChI is InChI=1S/C29H39N5O5/c1-28(2,3)39-27(38)32-10-8-29(9-11-32)17-31(18-29)13-19-14-33(15-19)21-4-5-22-20(12-21)16-34(26(22)37)23-6-7-24(35)30-25(23)36/h4-5,12,19,23H,6-11,13-18H2,1-3H3,(H,30,35,36). The van der Waals surface area contributed by atoms with Crippen molar-refractivity contribution in [3.05, 3.63) is 29.3 Å². The summed E-state index contributed by atoms with van der Waals surface area (Å²) in [4.78, 5) is 57.5. The Balaban J connectivity index is 0.954. The second kappa shape index (κ2) is 9.50. The fourth-order valence-electron chi connectivity index (χ4n) is 6.86. The van der Waals surface area contributed by atoms with Crippen LogP contribution in [-0.4, -0.2) is 96.0 Å². The van der Waals surface area contributed by atoms with Crippen LogP contribution in [0.2, 0.25) is 0 Å². The van der Waals surface area contributed by atoms with Crippen LogP contribution in [0.15, 0.2) is 18.2 Å². The fourth-order valence-corrected chi connectivity index (χ4v) is 6.86. The predicted octanol–water partition coefficient (Wildman–Crippen LogP) is 2.22. The van der Waals surface area contributed by atoms with E-state index in [0.717, 1.165) is 69.9 Å². The van der Waals surface area contributed by atoms with Gasteiger partial charge < -0.3 is 24.3 Å². The molecule has 1 spiro atoms. The van der Waals surface area contributed by atoms with Crippen LogP contribution in [0, 0.1) is 11.3 Å². The third-order valence-electron chi connectivity index (χ3n) is 8.94. The van der Waals surface area contributed by atoms with E-state index in [0.29, 0.717) is 29.9 Å². The van der Waals surface area contributed by atoms with Crippen molar-refractivity contribution in [2.24, 2.45) is 11.3 Å². The molecule has 0 aromatic heterocycles. The first kappa shape index (κ1) is 26.1. The summed E-state index contributed by atoms with van der Waals surface area (Å²) in [6.45, 7) is 13.0. The van der Waals surface area contributed by atoms with Crippen molar-refractivity contribution in [3.63, 3.8) is 0 Å². The minimum Gasteiger partial charge on any atom is -0.444 e. The minimum absolute atomic E-state index is 0.129. The Morgan fingerprint density at radius 2 is 1.82 bits per heavy atom. The highest BCUT2D eigenvalue weighted by Crippen LogP contribution is 2.42. The van der Waals surface area contributed by atoms with Gasteiger partial charge in [-0.25, -0.2) is 4.79 Å². The lowest BCUT2D eigenvalue weighted by Crippen LogP contribution is -2.63. The molecule has 0 aliphatic carbocycles. The van der Waals surface area contributed by atoms with Crippen LogP contribution >= 0.6 is 0 Å². The van der Waals surface area contributed by atoms with Crippen molar-refractivity contribution in [2.45, 2.75) is 64.6 Å². The van der Waals surface area contributed by atoms with Crippen molar-refractivity contribution >= 4 is 29.5 Å². The summed E-state index contributed by atoms with van der Waals surface area (Å²) in [6, 6.07) is 5.41. The first-order valence-electron chi connectivity index (χ1n) is 14.2. The lowest BCUT2D eigenvalue weighted by atomic mass is 9.71. The average Bonchev–Trinajstić information content (AvgIpc) is 3.14. The molecule has 0 saturated carbocycles. The summed E-state index contributed by atoms with van der Waals surface area (Å²) < 4.78 is 5.54. The second-order valence-electron chi connectivity index (χ2n) is 13.1. The van der Waals surface area contributed by atoms with E-state index < -0.39 is 11.6 Å². The molecule has 4 saturated heterocycles. The summed E-state index contributed by atoms with van der Waals surface area (Å²) in [5, 5.41) is 2.36. The van der Waals surface area contributed by atoms with E-state index >= 15 is 0 Å². The Morgan fingerprint density at radius 1 is 1.10 bits per heavy atom. The number of carbonyl (C=O) groups is 4. The Kier molecular flexibility index (Phi) is 6.36. The SMILES string of the molecule is CC(C)(C)OC(=O)N1CCC2(CC1)CN(CC1CN(c3ccc4c(c3)CN(C3CCC(=O)NC3=O)C4=O)C1)C2. The van der Waals surface area contributed by atoms with Gasteiger partial charge >= 0.3 is 6.09 Å². The first-order valence-corrected chi connectivity index (χ1v) is 14.2. The van der Waals surface area contributed by atoms with E-state index in [4.69, 9.17) is 4.74 Å². The van der Waals surface area contributed by atoms with Gasteiger partial charge in [0, 0.05) is 75.9 Å². The van der Waals surface area contributed by atoms with Crippen LogP contribution in [-0.2, 0) is 20.9 Å². The maximum atomic E-state index is 13.0. The summed E-state index contributed by atoms with van der Waals surface area (Å²) in [6.07, 6.45) is 2.54. The molecule has 1 N–H and O–H groups in total. The van der Waals surface area contributed by atoms with Crippen molar-refractivity contribution in [2.75, 3.05) is 50.7 Å². The number of nitrogens with one attached hydrogen (secondary N) is 1. The normalized spacial score (nSPS) is 25.4. The molecule has 5 aliphatic heterocycles. The van der Waals surface area contributed by atoms with Gasteiger partial charge in [-0.05, 0) is 69.2 Å². The molecule has 10 heteroatoms. The Bertz CT molecular complexity index is 1190. The number of nitrogens with zero attached hydrogens (tertiary/aromatic N) is 4. The molecular formula is C29H39N5O5.